The van der Waals surface area contributed by atoms with E-state index < -0.39 is 0 Å². The summed E-state index contributed by atoms with van der Waals surface area (Å²) < 4.78 is 0. The number of ketones is 2. The van der Waals surface area contributed by atoms with E-state index in [-0.39, 0.29) is 23.0 Å². The van der Waals surface area contributed by atoms with E-state index in [9.17, 15) is 9.59 Å². The van der Waals surface area contributed by atoms with Crippen LogP contribution < -0.4 is 5.32 Å². The summed E-state index contributed by atoms with van der Waals surface area (Å²) in [6.45, 7) is 8.83. The van der Waals surface area contributed by atoms with E-state index in [1.165, 1.54) is 0 Å². The van der Waals surface area contributed by atoms with E-state index in [1.54, 1.807) is 0 Å². The molecule has 0 amide bonds. The number of unbranched alkanes of at least 4 members (excludes halogenated alkanes) is 1. The molecule has 0 radical (unpaired) electrons. The summed E-state index contributed by atoms with van der Waals surface area (Å²) in [7, 11) is 1.84. The molecule has 0 aromatic carbocycles. The molecule has 22 heavy (non-hydrogen) atoms. The maximum atomic E-state index is 12.6. The summed E-state index contributed by atoms with van der Waals surface area (Å²) in [6, 6.07) is -0.0388. The molecular weight excluding hydrogens is 276 g/mol. The van der Waals surface area contributed by atoms with Gasteiger partial charge < -0.3 is 5.32 Å². The molecule has 1 heterocycles. The summed E-state index contributed by atoms with van der Waals surface area (Å²) in [5, 5.41) is 3.09. The van der Waals surface area contributed by atoms with Crippen molar-refractivity contribution in [3.8, 4) is 0 Å². The van der Waals surface area contributed by atoms with Gasteiger partial charge in [0.05, 0.1) is 11.8 Å². The Morgan fingerprint density at radius 2 is 2.05 bits per heavy atom. The van der Waals surface area contributed by atoms with E-state index >= 15 is 0 Å². The smallest absolute Gasteiger partial charge is 0.182 e. The van der Waals surface area contributed by atoms with Crippen LogP contribution in [0.25, 0.3) is 0 Å². The number of aliphatic imine (C=N–C) groups is 1. The van der Waals surface area contributed by atoms with Crippen molar-refractivity contribution < 1.29 is 9.59 Å². The highest BCUT2D eigenvalue weighted by Crippen LogP contribution is 2.29. The lowest BCUT2D eigenvalue weighted by atomic mass is 9.78. The first kappa shape index (κ1) is 19.0. The van der Waals surface area contributed by atoms with Gasteiger partial charge in [-0.2, -0.15) is 0 Å². The lowest BCUT2D eigenvalue weighted by molar-refractivity contribution is -0.122. The quantitative estimate of drug-likeness (QED) is 0.631. The van der Waals surface area contributed by atoms with Crippen LogP contribution in [0, 0.1) is 11.3 Å². The van der Waals surface area contributed by atoms with Gasteiger partial charge in [-0.15, -0.1) is 0 Å². The number of nitrogens with one attached hydrogen (secondary N) is 1. The minimum atomic E-state index is -0.346. The number of carbonyl (C=O) groups is 2. The summed E-state index contributed by atoms with van der Waals surface area (Å²) in [6.07, 6.45) is 5.22. The van der Waals surface area contributed by atoms with Crippen LogP contribution >= 0.6 is 0 Å². The third-order valence-electron chi connectivity index (χ3n) is 4.79. The average Bonchev–Trinajstić information content (AvgIpc) is 2.91. The van der Waals surface area contributed by atoms with Crippen LogP contribution in [-0.4, -0.2) is 36.9 Å². The molecule has 0 fully saturated rings. The van der Waals surface area contributed by atoms with Crippen molar-refractivity contribution in [2.75, 3.05) is 13.6 Å². The van der Waals surface area contributed by atoms with Crippen molar-refractivity contribution in [2.24, 2.45) is 16.3 Å². The SMILES string of the molecule is CCC(=O)C(CCCCC(C)(C)C(=O)C1=NCCC1C)NC. The van der Waals surface area contributed by atoms with Gasteiger partial charge in [-0.25, -0.2) is 0 Å². The molecule has 2 unspecified atom stereocenters. The number of Topliss-reactive ketones (excluding diaryl/α,β-unsaturated/α-hetero) is 2. The fourth-order valence-corrected chi connectivity index (χ4v) is 3.06. The van der Waals surface area contributed by atoms with Crippen molar-refractivity contribution in [1.82, 2.24) is 5.32 Å². The van der Waals surface area contributed by atoms with E-state index in [0.717, 1.165) is 44.4 Å². The number of nitrogens with zero attached hydrogens (tertiary/aromatic N) is 1. The molecule has 0 saturated carbocycles. The average molecular weight is 308 g/mol. The van der Waals surface area contributed by atoms with Gasteiger partial charge in [-0.3, -0.25) is 14.6 Å². The zero-order valence-electron chi connectivity index (χ0n) is 14.9. The number of rotatable bonds is 10. The Kier molecular flexibility index (Phi) is 7.40. The molecule has 1 aliphatic rings. The Labute approximate surface area is 135 Å². The van der Waals surface area contributed by atoms with Crippen LogP contribution in [-0.2, 0) is 9.59 Å². The topological polar surface area (TPSA) is 58.5 Å². The predicted molar refractivity (Wildman–Crippen MR) is 91.5 cm³/mol. The van der Waals surface area contributed by atoms with Gasteiger partial charge in [0, 0.05) is 24.3 Å². The number of likely N-dealkylation sites (N-methyl/N-ethyl adjacent to an activating group) is 1. The summed E-state index contributed by atoms with van der Waals surface area (Å²) in [5.41, 5.74) is 0.445. The maximum absolute atomic E-state index is 12.6. The number of carbonyl (C=O) groups excluding carboxylic acids is 2. The molecule has 1 rings (SSSR count). The molecule has 1 aliphatic heterocycles. The summed E-state index contributed by atoms with van der Waals surface area (Å²) in [5.74, 6) is 0.793. The fraction of sp³-hybridized carbons (Fsp3) is 0.833. The molecule has 0 aromatic rings. The van der Waals surface area contributed by atoms with Gasteiger partial charge >= 0.3 is 0 Å². The second-order valence-corrected chi connectivity index (χ2v) is 7.08. The molecular formula is C18H32N2O2. The lowest BCUT2D eigenvalue weighted by Gasteiger charge is -2.24. The van der Waals surface area contributed by atoms with Crippen LogP contribution in [0.4, 0.5) is 0 Å². The molecule has 0 spiro atoms. The van der Waals surface area contributed by atoms with Gasteiger partial charge in [0.2, 0.25) is 0 Å². The molecule has 1 N–H and O–H groups in total. The summed E-state index contributed by atoms with van der Waals surface area (Å²) >= 11 is 0. The second kappa shape index (κ2) is 8.56. The second-order valence-electron chi connectivity index (χ2n) is 7.08. The van der Waals surface area contributed by atoms with Crippen molar-refractivity contribution in [3.05, 3.63) is 0 Å². The maximum Gasteiger partial charge on any atom is 0.182 e. The van der Waals surface area contributed by atoms with Crippen LogP contribution in [0.2, 0.25) is 0 Å². The largest absolute Gasteiger partial charge is 0.311 e. The minimum absolute atomic E-state index is 0.0388. The van der Waals surface area contributed by atoms with Crippen LogP contribution in [0.3, 0.4) is 0 Å². The molecule has 0 aromatic heterocycles. The first-order valence-corrected chi connectivity index (χ1v) is 8.62. The molecule has 4 heteroatoms. The Morgan fingerprint density at radius 1 is 1.36 bits per heavy atom. The molecule has 0 saturated heterocycles. The van der Waals surface area contributed by atoms with E-state index in [4.69, 9.17) is 0 Å². The van der Waals surface area contributed by atoms with Gasteiger partial charge in [-0.05, 0) is 26.3 Å². The highest BCUT2D eigenvalue weighted by atomic mass is 16.1. The Bertz CT molecular complexity index is 427. The van der Waals surface area contributed by atoms with Crippen molar-refractivity contribution >= 4 is 17.3 Å². The minimum Gasteiger partial charge on any atom is -0.311 e. The lowest BCUT2D eigenvalue weighted by Crippen LogP contribution is -2.34. The first-order chi connectivity index (χ1) is 10.3. The zero-order chi connectivity index (χ0) is 16.8. The highest BCUT2D eigenvalue weighted by molar-refractivity contribution is 6.42. The zero-order valence-corrected chi connectivity index (χ0v) is 14.9. The van der Waals surface area contributed by atoms with Gasteiger partial charge in [0.1, 0.15) is 5.78 Å². The monoisotopic (exact) mass is 308 g/mol. The van der Waals surface area contributed by atoms with Gasteiger partial charge in [0.25, 0.3) is 0 Å². The number of hydrogen-bond donors (Lipinski definition) is 1. The Balaban J connectivity index is 2.42. The normalized spacial score (nSPS) is 19.9. The Morgan fingerprint density at radius 3 is 2.55 bits per heavy atom. The molecule has 126 valence electrons. The summed E-state index contributed by atoms with van der Waals surface area (Å²) in [4.78, 5) is 28.7. The van der Waals surface area contributed by atoms with Gasteiger partial charge in [0.15, 0.2) is 5.78 Å². The molecule has 2 atom stereocenters. The molecule has 0 bridgehead atoms. The standard InChI is InChI=1S/C18H32N2O2/c1-6-15(21)14(19-5)9-7-8-11-18(3,4)17(22)16-13(2)10-12-20-16/h13-14,19H,6-12H2,1-5H3. The van der Waals surface area contributed by atoms with Crippen LogP contribution in [0.1, 0.15) is 66.2 Å². The van der Waals surface area contributed by atoms with Gasteiger partial charge in [-0.1, -0.05) is 40.5 Å². The third-order valence-corrected chi connectivity index (χ3v) is 4.79. The van der Waals surface area contributed by atoms with E-state index in [2.05, 4.69) is 17.2 Å². The molecule has 4 nitrogen and oxygen atoms in total. The third kappa shape index (κ3) is 5.01. The van der Waals surface area contributed by atoms with Crippen LogP contribution in [0.15, 0.2) is 4.99 Å². The first-order valence-electron chi connectivity index (χ1n) is 8.62. The van der Waals surface area contributed by atoms with Crippen molar-refractivity contribution in [3.63, 3.8) is 0 Å². The highest BCUT2D eigenvalue weighted by Gasteiger charge is 2.34. The Hall–Kier alpha value is -1.03. The van der Waals surface area contributed by atoms with Crippen LogP contribution in [0.5, 0.6) is 0 Å². The van der Waals surface area contributed by atoms with E-state index in [1.807, 2.05) is 27.8 Å². The molecule has 0 aliphatic carbocycles. The van der Waals surface area contributed by atoms with Crippen molar-refractivity contribution in [1.29, 1.82) is 0 Å². The fourth-order valence-electron chi connectivity index (χ4n) is 3.06. The van der Waals surface area contributed by atoms with Crippen molar-refractivity contribution in [2.45, 2.75) is 72.3 Å². The predicted octanol–water partition coefficient (Wildman–Crippen LogP) is 3.19. The van der Waals surface area contributed by atoms with E-state index in [0.29, 0.717) is 12.3 Å². The number of hydrogen-bond acceptors (Lipinski definition) is 4.